The lowest BCUT2D eigenvalue weighted by Crippen LogP contribution is -2.56. The highest BCUT2D eigenvalue weighted by Crippen LogP contribution is 2.43. The summed E-state index contributed by atoms with van der Waals surface area (Å²) in [7, 11) is 0. The van der Waals surface area contributed by atoms with Gasteiger partial charge in [-0.15, -0.1) is 0 Å². The number of nitrogens with one attached hydrogen (secondary N) is 2. The first kappa shape index (κ1) is 43.8. The normalized spacial score (nSPS) is 16.7. The number of aliphatic hydroxyl groups is 1. The number of esters is 1. The molecule has 7 nitrogen and oxygen atoms in total. The van der Waals surface area contributed by atoms with Crippen molar-refractivity contribution in [1.82, 2.24) is 10.6 Å². The fourth-order valence-corrected chi connectivity index (χ4v) is 8.68. The smallest absolute Gasteiger partial charge is 0.331 e. The van der Waals surface area contributed by atoms with E-state index in [1.54, 1.807) is 31.2 Å². The molecule has 2 aliphatic carbocycles. The number of ether oxygens (including phenoxy) is 1. The first-order chi connectivity index (χ1) is 27.9. The van der Waals surface area contributed by atoms with Gasteiger partial charge in [0.2, 0.25) is 5.91 Å². The van der Waals surface area contributed by atoms with E-state index in [1.807, 2.05) is 65.0 Å². The van der Waals surface area contributed by atoms with Crippen LogP contribution in [0.15, 0.2) is 84.6 Å². The molecule has 2 fully saturated rings. The van der Waals surface area contributed by atoms with Crippen molar-refractivity contribution in [2.75, 3.05) is 6.61 Å². The van der Waals surface area contributed by atoms with Crippen LogP contribution < -0.4 is 10.6 Å². The third kappa shape index (κ3) is 9.52. The summed E-state index contributed by atoms with van der Waals surface area (Å²) in [5, 5.41) is 17.0. The number of hydrogen-bond acceptors (Lipinski definition) is 5. The molecule has 0 aromatic heterocycles. The van der Waals surface area contributed by atoms with Gasteiger partial charge in [-0.2, -0.15) is 0 Å². The van der Waals surface area contributed by atoms with E-state index in [4.69, 9.17) is 4.74 Å². The minimum Gasteiger partial charge on any atom is -0.509 e. The minimum atomic E-state index is -0.915. The van der Waals surface area contributed by atoms with Crippen LogP contribution in [0.2, 0.25) is 0 Å². The number of carbonyl (C=O) groups is 3. The summed E-state index contributed by atoms with van der Waals surface area (Å²) in [6, 6.07) is 22.4. The van der Waals surface area contributed by atoms with Crippen molar-refractivity contribution in [3.05, 3.63) is 124 Å². The van der Waals surface area contributed by atoms with Crippen LogP contribution in [0.3, 0.4) is 0 Å². The van der Waals surface area contributed by atoms with Crippen LogP contribution in [0.4, 0.5) is 8.78 Å². The molecular weight excluding hydrogens is 735 g/mol. The number of aryl methyl sites for hydroxylation is 1. The van der Waals surface area contributed by atoms with Crippen LogP contribution in [0.1, 0.15) is 113 Å². The first-order valence-corrected chi connectivity index (χ1v) is 20.8. The molecule has 3 aliphatic rings. The molecule has 1 aliphatic heterocycles. The Bertz CT molecular complexity index is 2110. The fraction of sp³-hybridized carbons (Fsp3) is 0.408. The fourth-order valence-electron chi connectivity index (χ4n) is 8.68. The van der Waals surface area contributed by atoms with E-state index in [2.05, 4.69) is 10.6 Å². The van der Waals surface area contributed by atoms with E-state index in [0.717, 1.165) is 101 Å². The molecule has 58 heavy (non-hydrogen) atoms. The van der Waals surface area contributed by atoms with Gasteiger partial charge in [0.1, 0.15) is 22.9 Å². The lowest BCUT2D eigenvalue weighted by atomic mass is 9.80. The Hall–Kier alpha value is -5.31. The Labute approximate surface area is 342 Å². The molecule has 9 heteroatoms. The largest absolute Gasteiger partial charge is 0.509 e. The van der Waals surface area contributed by atoms with Crippen molar-refractivity contribution in [2.45, 2.75) is 123 Å². The molecule has 308 valence electrons. The van der Waals surface area contributed by atoms with Crippen LogP contribution in [0.5, 0.6) is 0 Å². The molecule has 1 heterocycles. The second kappa shape index (κ2) is 19.4. The maximum Gasteiger partial charge on any atom is 0.331 e. The molecular formula is C49H58F2N2O5. The molecule has 0 bridgehead atoms. The van der Waals surface area contributed by atoms with Crippen LogP contribution in [0, 0.1) is 32.4 Å². The second-order valence-corrected chi connectivity index (χ2v) is 15.4. The maximum atomic E-state index is 13.3. The third-order valence-corrected chi connectivity index (χ3v) is 11.8. The van der Waals surface area contributed by atoms with E-state index in [1.165, 1.54) is 24.3 Å². The molecule has 3 N–H and O–H groups in total. The number of aliphatic hydroxyl groups excluding tert-OH is 1. The zero-order valence-electron chi connectivity index (χ0n) is 34.8. The molecule has 0 saturated heterocycles. The number of carbonyl (C=O) groups excluding carboxylic acids is 3. The predicted molar refractivity (Wildman–Crippen MR) is 227 cm³/mol. The topological polar surface area (TPSA) is 105 Å². The number of rotatable bonds is 8. The number of hydrogen-bond donors (Lipinski definition) is 3. The van der Waals surface area contributed by atoms with Crippen LogP contribution >= 0.6 is 0 Å². The van der Waals surface area contributed by atoms with Crippen LogP contribution in [0.25, 0.3) is 27.8 Å². The zero-order chi connectivity index (χ0) is 42.0. The van der Waals surface area contributed by atoms with E-state index in [9.17, 15) is 28.3 Å². The summed E-state index contributed by atoms with van der Waals surface area (Å²) in [5.74, 6) is -1.08. The summed E-state index contributed by atoms with van der Waals surface area (Å²) >= 11 is 0. The van der Waals surface area contributed by atoms with E-state index < -0.39 is 11.1 Å². The van der Waals surface area contributed by atoms with Gasteiger partial charge in [0.15, 0.2) is 0 Å². The van der Waals surface area contributed by atoms with Crippen molar-refractivity contribution < 1.29 is 33.0 Å². The minimum absolute atomic E-state index is 0.174. The van der Waals surface area contributed by atoms with Crippen molar-refractivity contribution in [3.63, 3.8) is 0 Å². The van der Waals surface area contributed by atoms with E-state index in [-0.39, 0.29) is 41.6 Å². The molecule has 4 aromatic carbocycles. The van der Waals surface area contributed by atoms with Gasteiger partial charge in [-0.1, -0.05) is 107 Å². The van der Waals surface area contributed by atoms with Crippen molar-refractivity contribution in [2.24, 2.45) is 0 Å². The molecule has 0 atom stereocenters. The number of halogens is 2. The van der Waals surface area contributed by atoms with Gasteiger partial charge in [0.05, 0.1) is 24.1 Å². The van der Waals surface area contributed by atoms with Gasteiger partial charge in [0.25, 0.3) is 5.91 Å². The van der Waals surface area contributed by atoms with Gasteiger partial charge in [-0.25, -0.2) is 13.6 Å². The highest BCUT2D eigenvalue weighted by molar-refractivity contribution is 6.23. The lowest BCUT2D eigenvalue weighted by Gasteiger charge is -2.35. The molecule has 1 spiro atoms. The average Bonchev–Trinajstić information content (AvgIpc) is 3.46. The number of amides is 2. The van der Waals surface area contributed by atoms with Gasteiger partial charge in [-0.3, -0.25) is 9.59 Å². The van der Waals surface area contributed by atoms with Gasteiger partial charge in [0, 0.05) is 0 Å². The molecule has 4 aromatic rings. The Morgan fingerprint density at radius 2 is 1.24 bits per heavy atom. The van der Waals surface area contributed by atoms with E-state index in [0.29, 0.717) is 25.0 Å². The monoisotopic (exact) mass is 792 g/mol. The summed E-state index contributed by atoms with van der Waals surface area (Å²) < 4.78 is 31.8. The SMILES string of the molecule is CC.CCOC(=O)C1(NC(=O)Cc2c(C)ccc(-c3ccc(F)cc3)c2C)CCCCC1.Cc1c(C2=C(O)C3(CCCCC3)NC2=O)cccc1-c1ccc(F)cc1. The standard InChI is InChI=1S/C25H30FNO3.C22H22FNO2.C2H6/c1-4-30-24(29)25(14-6-5-7-15-25)27-23(28)16-22-17(2)8-13-21(18(22)3)19-9-11-20(26)12-10-19;1-14-17(15-8-10-16(23)11-9-15)6-5-7-18(14)19-20(25)22(24-21(19)26)12-3-2-4-13-22;1-2/h8-13H,4-7,14-16H2,1-3H3,(H,27,28);5-11,25H,2-4,12-13H2,1H3,(H,24,26);1-2H3. The quantitative estimate of drug-likeness (QED) is 0.154. The Kier molecular flexibility index (Phi) is 14.7. The van der Waals surface area contributed by atoms with Crippen LogP contribution in [-0.4, -0.2) is 40.6 Å². The summed E-state index contributed by atoms with van der Waals surface area (Å²) in [6.45, 7) is 12.0. The van der Waals surface area contributed by atoms with Gasteiger partial charge >= 0.3 is 5.97 Å². The van der Waals surface area contributed by atoms with Crippen molar-refractivity contribution >= 4 is 23.4 Å². The predicted octanol–water partition coefficient (Wildman–Crippen LogP) is 11.0. The lowest BCUT2D eigenvalue weighted by molar-refractivity contribution is -0.155. The average molecular weight is 793 g/mol. The molecule has 0 unspecified atom stereocenters. The second-order valence-electron chi connectivity index (χ2n) is 15.4. The van der Waals surface area contributed by atoms with Gasteiger partial charge < -0.3 is 20.5 Å². The number of benzene rings is 4. The van der Waals surface area contributed by atoms with Crippen molar-refractivity contribution in [1.29, 1.82) is 0 Å². The molecule has 2 amide bonds. The summed E-state index contributed by atoms with van der Waals surface area (Å²) in [6.07, 6.45) is 9.00. The van der Waals surface area contributed by atoms with Crippen molar-refractivity contribution in [3.8, 4) is 22.3 Å². The molecule has 7 rings (SSSR count). The zero-order valence-corrected chi connectivity index (χ0v) is 34.8. The third-order valence-electron chi connectivity index (χ3n) is 11.8. The highest BCUT2D eigenvalue weighted by Gasteiger charge is 2.47. The highest BCUT2D eigenvalue weighted by atomic mass is 19.1. The Morgan fingerprint density at radius 1 is 0.724 bits per heavy atom. The van der Waals surface area contributed by atoms with E-state index >= 15 is 0 Å². The summed E-state index contributed by atoms with van der Waals surface area (Å²) in [5.41, 5.74) is 7.16. The summed E-state index contributed by atoms with van der Waals surface area (Å²) in [4.78, 5) is 38.4. The Morgan fingerprint density at radius 3 is 1.79 bits per heavy atom. The molecule has 2 saturated carbocycles. The van der Waals surface area contributed by atoms with Gasteiger partial charge in [-0.05, 0) is 128 Å². The maximum absolute atomic E-state index is 13.3. The Balaban J connectivity index is 0.000000214. The van der Waals surface area contributed by atoms with Crippen LogP contribution in [-0.2, 0) is 25.5 Å². The molecule has 0 radical (unpaired) electrons. The first-order valence-electron chi connectivity index (χ1n) is 20.8.